The number of aromatic nitrogens is 3. The van der Waals surface area contributed by atoms with Gasteiger partial charge in [0.2, 0.25) is 0 Å². The Balaban J connectivity index is 0.933. The molecule has 0 saturated heterocycles. The molecule has 6 aliphatic rings. The lowest BCUT2D eigenvalue weighted by Crippen LogP contribution is -2.55. The first-order chi connectivity index (χ1) is 36.8. The maximum Gasteiger partial charge on any atom is 0.164 e. The minimum absolute atomic E-state index is 0.0536. The van der Waals surface area contributed by atoms with Gasteiger partial charge < -0.3 is 0 Å². The van der Waals surface area contributed by atoms with Crippen molar-refractivity contribution in [3.05, 3.63) is 235 Å². The van der Waals surface area contributed by atoms with Gasteiger partial charge in [-0.25, -0.2) is 15.0 Å². The Morgan fingerprint density at radius 2 is 0.747 bits per heavy atom. The third-order valence-corrected chi connectivity index (χ3v) is 18.9. The molecule has 4 saturated carbocycles. The third-order valence-electron chi connectivity index (χ3n) is 18.9. The second kappa shape index (κ2) is 16.1. The van der Waals surface area contributed by atoms with Gasteiger partial charge in [-0.15, -0.1) is 0 Å². The Bertz CT molecular complexity index is 4000. The highest BCUT2D eigenvalue weighted by Gasteiger charge is 2.62. The van der Waals surface area contributed by atoms with Crippen molar-refractivity contribution < 1.29 is 0 Å². The smallest absolute Gasteiger partial charge is 0.164 e. The predicted molar refractivity (Wildman–Crippen MR) is 308 cm³/mol. The Morgan fingerprint density at radius 3 is 1.33 bits per heavy atom. The van der Waals surface area contributed by atoms with Crippen molar-refractivity contribution in [2.75, 3.05) is 0 Å². The van der Waals surface area contributed by atoms with E-state index >= 15 is 0 Å². The van der Waals surface area contributed by atoms with Crippen LogP contribution in [-0.2, 0) is 10.8 Å². The summed E-state index contributed by atoms with van der Waals surface area (Å²) in [6.45, 7) is 4.76. The van der Waals surface area contributed by atoms with Gasteiger partial charge in [0.05, 0.1) is 0 Å². The Morgan fingerprint density at radius 1 is 0.307 bits per heavy atom. The van der Waals surface area contributed by atoms with Gasteiger partial charge in [0.25, 0.3) is 0 Å². The zero-order chi connectivity index (χ0) is 49.6. The van der Waals surface area contributed by atoms with Crippen LogP contribution in [0.5, 0.6) is 0 Å². The average Bonchev–Trinajstić information content (AvgIpc) is 3.92. The van der Waals surface area contributed by atoms with E-state index in [4.69, 9.17) is 15.0 Å². The minimum atomic E-state index is -0.0722. The van der Waals surface area contributed by atoms with Crippen molar-refractivity contribution in [3.63, 3.8) is 0 Å². The summed E-state index contributed by atoms with van der Waals surface area (Å²) in [4.78, 5) is 16.8. The van der Waals surface area contributed by atoms with E-state index in [1.807, 2.05) is 0 Å². The predicted octanol–water partition coefficient (Wildman–Crippen LogP) is 18.2. The van der Waals surface area contributed by atoms with Crippen LogP contribution in [0.1, 0.15) is 68.2 Å². The molecule has 1 spiro atoms. The van der Waals surface area contributed by atoms with Crippen LogP contribution in [0.3, 0.4) is 0 Å². The van der Waals surface area contributed by atoms with E-state index in [0.717, 1.165) is 45.1 Å². The quantitative estimate of drug-likeness (QED) is 0.167. The van der Waals surface area contributed by atoms with Crippen molar-refractivity contribution in [1.29, 1.82) is 0 Å². The summed E-state index contributed by atoms with van der Waals surface area (Å²) in [6.07, 6.45) is 6.67. The molecule has 0 atom stereocenters. The maximum atomic E-state index is 5.67. The number of hydrogen-bond donors (Lipinski definition) is 0. The van der Waals surface area contributed by atoms with Gasteiger partial charge in [-0.3, -0.25) is 0 Å². The molecule has 75 heavy (non-hydrogen) atoms. The van der Waals surface area contributed by atoms with Crippen LogP contribution in [0.4, 0.5) is 0 Å². The summed E-state index contributed by atoms with van der Waals surface area (Å²) < 4.78 is 0. The van der Waals surface area contributed by atoms with E-state index in [2.05, 4.69) is 226 Å². The average molecular weight is 962 g/mol. The highest BCUT2D eigenvalue weighted by atomic mass is 15.0. The first-order valence-electron chi connectivity index (χ1n) is 27.3. The molecule has 3 heteroatoms. The lowest BCUT2D eigenvalue weighted by Gasteiger charge is -2.61. The molecule has 0 N–H and O–H groups in total. The molecule has 3 nitrogen and oxygen atoms in total. The lowest BCUT2D eigenvalue weighted by molar-refractivity contribution is -0.0399. The number of nitrogens with zero attached hydrogens (tertiary/aromatic N) is 3. The van der Waals surface area contributed by atoms with Crippen LogP contribution in [0.25, 0.3) is 111 Å². The summed E-state index contributed by atoms with van der Waals surface area (Å²) in [6, 6.07) is 79.1. The second-order valence-corrected chi connectivity index (χ2v) is 23.2. The van der Waals surface area contributed by atoms with Crippen LogP contribution in [0.2, 0.25) is 0 Å². The summed E-state index contributed by atoms with van der Waals surface area (Å²) in [5, 5.41) is 4.67. The molecule has 6 aliphatic carbocycles. The largest absolute Gasteiger partial charge is 0.208 e. The molecule has 1 heterocycles. The summed E-state index contributed by atoms with van der Waals surface area (Å²) in [5.74, 6) is 4.96. The van der Waals surface area contributed by atoms with E-state index in [1.165, 1.54) is 121 Å². The monoisotopic (exact) mass is 961 g/mol. The van der Waals surface area contributed by atoms with Crippen LogP contribution < -0.4 is 0 Å². The van der Waals surface area contributed by atoms with E-state index in [9.17, 15) is 0 Å². The van der Waals surface area contributed by atoms with Gasteiger partial charge in [-0.2, -0.15) is 0 Å². The number of hydrogen-bond acceptors (Lipinski definition) is 3. The standard InChI is InChI=1S/C72H55N3/c1-71(2)63-19-11-9-17-59(63)61-40-53(29-30-64(61)71)56-41-62(67-60-18-10-12-20-65(60)72(66(67)42-56)57-32-43-31-44(34-57)35-58(72)33-43)70-74-68(54-27-25-49-36-47(21-23-51(49)38-54)45-13-5-3-6-14-45)73-69(75-70)55-28-26-50-37-48(22-24-52(50)39-55)46-15-7-4-8-16-46/h3-30,36-44,57-58H,31-35H2,1-2H3. The van der Waals surface area contributed by atoms with E-state index in [-0.39, 0.29) is 10.8 Å². The van der Waals surface area contributed by atoms with Crippen molar-refractivity contribution in [1.82, 2.24) is 15.0 Å². The van der Waals surface area contributed by atoms with Gasteiger partial charge in [-0.05, 0) is 198 Å². The Kier molecular flexibility index (Phi) is 9.27. The molecule has 4 fully saturated rings. The van der Waals surface area contributed by atoms with Crippen LogP contribution in [-0.4, -0.2) is 15.0 Å². The first kappa shape index (κ1) is 43.2. The fourth-order valence-electron chi connectivity index (χ4n) is 15.7. The van der Waals surface area contributed by atoms with Gasteiger partial charge in [0.1, 0.15) is 0 Å². The van der Waals surface area contributed by atoms with Crippen molar-refractivity contribution in [2.24, 2.45) is 23.7 Å². The van der Waals surface area contributed by atoms with Gasteiger partial charge in [0, 0.05) is 27.5 Å². The van der Waals surface area contributed by atoms with Crippen molar-refractivity contribution >= 4 is 21.5 Å². The number of fused-ring (bicyclic) bond motifs is 8. The fourth-order valence-corrected chi connectivity index (χ4v) is 15.7. The third kappa shape index (κ3) is 6.50. The summed E-state index contributed by atoms with van der Waals surface area (Å²) in [5.41, 5.74) is 21.4. The molecule has 4 bridgehead atoms. The second-order valence-electron chi connectivity index (χ2n) is 23.2. The normalized spacial score (nSPS) is 21.1. The molecular formula is C72H55N3. The highest BCUT2D eigenvalue weighted by molar-refractivity contribution is 5.97. The highest BCUT2D eigenvalue weighted by Crippen LogP contribution is 2.70. The zero-order valence-corrected chi connectivity index (χ0v) is 42.4. The zero-order valence-electron chi connectivity index (χ0n) is 42.4. The van der Waals surface area contributed by atoms with Crippen LogP contribution in [0, 0.1) is 23.7 Å². The van der Waals surface area contributed by atoms with Crippen LogP contribution >= 0.6 is 0 Å². The molecule has 0 aliphatic heterocycles. The lowest BCUT2D eigenvalue weighted by atomic mass is 9.43. The van der Waals surface area contributed by atoms with Gasteiger partial charge in [0.15, 0.2) is 17.5 Å². The molecule has 0 amide bonds. The topological polar surface area (TPSA) is 38.7 Å². The van der Waals surface area contributed by atoms with Gasteiger partial charge >= 0.3 is 0 Å². The molecule has 17 rings (SSSR count). The summed E-state index contributed by atoms with van der Waals surface area (Å²) >= 11 is 0. The molecule has 358 valence electrons. The van der Waals surface area contributed by atoms with E-state index < -0.39 is 0 Å². The van der Waals surface area contributed by atoms with Gasteiger partial charge in [-0.1, -0.05) is 184 Å². The van der Waals surface area contributed by atoms with Crippen molar-refractivity contribution in [3.8, 4) is 89.8 Å². The molecule has 0 radical (unpaired) electrons. The molecule has 0 unspecified atom stereocenters. The van der Waals surface area contributed by atoms with Crippen molar-refractivity contribution in [2.45, 2.75) is 56.8 Å². The molecule has 11 aromatic rings. The molecule has 1 aromatic heterocycles. The van der Waals surface area contributed by atoms with Crippen LogP contribution in [0.15, 0.2) is 212 Å². The van der Waals surface area contributed by atoms with E-state index in [1.54, 1.807) is 0 Å². The molecule has 10 aromatic carbocycles. The molecular weight excluding hydrogens is 907 g/mol. The fraction of sp³-hybridized carbons (Fsp3) is 0.181. The first-order valence-corrected chi connectivity index (χ1v) is 27.3. The van der Waals surface area contributed by atoms with E-state index in [0.29, 0.717) is 23.5 Å². The Labute approximate surface area is 439 Å². The number of benzene rings is 10. The Hall–Kier alpha value is -8.27. The summed E-state index contributed by atoms with van der Waals surface area (Å²) in [7, 11) is 0. The number of rotatable bonds is 6. The maximum absolute atomic E-state index is 5.67. The SMILES string of the molecule is CC1(C)c2ccccc2-c2cc(-c3cc(-c4nc(-c5ccc6cc(-c7ccccc7)ccc6c5)nc(-c5ccc6cc(-c7ccccc7)ccc6c5)n4)c4c(c3)C3(c5ccccc5-4)C4CC5CC(C4)CC3C5)ccc21. The minimum Gasteiger partial charge on any atom is -0.208 e.